The molecule has 0 unspecified atom stereocenters. The van der Waals surface area contributed by atoms with Crippen molar-refractivity contribution in [2.24, 2.45) is 0 Å². The molecule has 1 aliphatic carbocycles. The first-order valence-electron chi connectivity index (χ1n) is 15.8. The summed E-state index contributed by atoms with van der Waals surface area (Å²) in [6, 6.07) is 28.9. The van der Waals surface area contributed by atoms with Crippen molar-refractivity contribution in [3.8, 4) is 5.75 Å². The standard InChI is InChI=1S/C37H40ClN3O5S/c1-27-16-22-32(23-17-27)47(44,45)41(33-14-8-9-15-35(33)46-2)26-36(42)40(25-29-18-20-30(38)21-19-29)34(24-28-10-4-3-5-11-28)37(43)39-31-12-6-7-13-31/h3-5,8-11,14-23,31,34H,6-7,12-13,24-26H2,1-2H3,(H,39,43)/t34-/m1/s1. The van der Waals surface area contributed by atoms with Gasteiger partial charge in [0.05, 0.1) is 17.7 Å². The third kappa shape index (κ3) is 8.53. The molecule has 0 bridgehead atoms. The van der Waals surface area contributed by atoms with Crippen LogP contribution in [0.15, 0.2) is 108 Å². The highest BCUT2D eigenvalue weighted by Gasteiger charge is 2.36. The largest absolute Gasteiger partial charge is 0.495 e. The molecule has 246 valence electrons. The Morgan fingerprint density at radius 3 is 2.17 bits per heavy atom. The molecule has 4 aromatic rings. The van der Waals surface area contributed by atoms with Crippen LogP contribution in [-0.2, 0) is 32.6 Å². The summed E-state index contributed by atoms with van der Waals surface area (Å²) in [6.45, 7) is 1.37. The van der Waals surface area contributed by atoms with Gasteiger partial charge in [-0.3, -0.25) is 13.9 Å². The molecule has 0 aromatic heterocycles. The first-order valence-corrected chi connectivity index (χ1v) is 17.6. The second-order valence-corrected chi connectivity index (χ2v) is 14.1. The minimum atomic E-state index is -4.25. The summed E-state index contributed by atoms with van der Waals surface area (Å²) in [7, 11) is -2.79. The number of aryl methyl sites for hydroxylation is 1. The molecule has 2 amide bonds. The third-order valence-corrected chi connectivity index (χ3v) is 10.5. The number of amides is 2. The Labute approximate surface area is 282 Å². The summed E-state index contributed by atoms with van der Waals surface area (Å²) in [5, 5.41) is 3.73. The molecule has 1 aliphatic rings. The second kappa shape index (κ2) is 15.5. The number of hydrogen-bond acceptors (Lipinski definition) is 5. The molecule has 0 aliphatic heterocycles. The number of nitrogens with zero attached hydrogens (tertiary/aromatic N) is 2. The Morgan fingerprint density at radius 1 is 0.872 bits per heavy atom. The Morgan fingerprint density at radius 2 is 1.51 bits per heavy atom. The van der Waals surface area contributed by atoms with Gasteiger partial charge < -0.3 is 15.0 Å². The van der Waals surface area contributed by atoms with E-state index in [9.17, 15) is 18.0 Å². The van der Waals surface area contributed by atoms with Gasteiger partial charge in [0.1, 0.15) is 18.3 Å². The lowest BCUT2D eigenvalue weighted by Crippen LogP contribution is -2.54. The lowest BCUT2D eigenvalue weighted by atomic mass is 10.0. The summed E-state index contributed by atoms with van der Waals surface area (Å²) in [6.07, 6.45) is 4.08. The maximum absolute atomic E-state index is 14.7. The van der Waals surface area contributed by atoms with E-state index in [0.29, 0.717) is 10.8 Å². The zero-order valence-electron chi connectivity index (χ0n) is 26.6. The number of anilines is 1. The summed E-state index contributed by atoms with van der Waals surface area (Å²) < 4.78 is 35.2. The number of benzene rings is 4. The maximum atomic E-state index is 14.7. The van der Waals surface area contributed by atoms with Crippen molar-refractivity contribution in [3.05, 3.63) is 125 Å². The van der Waals surface area contributed by atoms with Gasteiger partial charge in [-0.2, -0.15) is 0 Å². The van der Waals surface area contributed by atoms with Crippen molar-refractivity contribution in [2.45, 2.75) is 62.6 Å². The minimum Gasteiger partial charge on any atom is -0.495 e. The number of halogens is 1. The van der Waals surface area contributed by atoms with Crippen LogP contribution >= 0.6 is 11.6 Å². The van der Waals surface area contributed by atoms with Crippen molar-refractivity contribution in [1.29, 1.82) is 0 Å². The number of methoxy groups -OCH3 is 1. The van der Waals surface area contributed by atoms with Gasteiger partial charge in [0.15, 0.2) is 0 Å². The van der Waals surface area contributed by atoms with Crippen LogP contribution in [0.4, 0.5) is 5.69 Å². The molecule has 4 aromatic carbocycles. The average molecular weight is 674 g/mol. The molecular weight excluding hydrogens is 634 g/mol. The fourth-order valence-corrected chi connectivity index (χ4v) is 7.45. The van der Waals surface area contributed by atoms with Gasteiger partial charge in [0.2, 0.25) is 11.8 Å². The smallest absolute Gasteiger partial charge is 0.264 e. The third-order valence-electron chi connectivity index (χ3n) is 8.48. The Hall–Kier alpha value is -4.34. The highest BCUT2D eigenvalue weighted by molar-refractivity contribution is 7.92. The zero-order valence-corrected chi connectivity index (χ0v) is 28.2. The zero-order chi connectivity index (χ0) is 33.4. The quantitative estimate of drug-likeness (QED) is 0.174. The van der Waals surface area contributed by atoms with E-state index in [1.54, 1.807) is 60.7 Å². The molecule has 10 heteroatoms. The van der Waals surface area contributed by atoms with Crippen LogP contribution in [0.2, 0.25) is 5.02 Å². The number of carbonyl (C=O) groups excluding carboxylic acids is 2. The molecule has 5 rings (SSSR count). The normalized spacial score (nSPS) is 13.9. The molecule has 1 saturated carbocycles. The predicted octanol–water partition coefficient (Wildman–Crippen LogP) is 6.55. The lowest BCUT2D eigenvalue weighted by molar-refractivity contribution is -0.140. The van der Waals surface area contributed by atoms with E-state index in [-0.39, 0.29) is 35.5 Å². The van der Waals surface area contributed by atoms with Crippen molar-refractivity contribution in [2.75, 3.05) is 18.0 Å². The molecule has 1 fully saturated rings. The van der Waals surface area contributed by atoms with Crippen LogP contribution in [0.5, 0.6) is 5.75 Å². The molecule has 0 heterocycles. The van der Waals surface area contributed by atoms with Gasteiger partial charge in [-0.15, -0.1) is 0 Å². The van der Waals surface area contributed by atoms with Crippen molar-refractivity contribution in [3.63, 3.8) is 0 Å². The molecule has 1 N–H and O–H groups in total. The van der Waals surface area contributed by atoms with Crippen LogP contribution in [0, 0.1) is 6.92 Å². The van der Waals surface area contributed by atoms with E-state index >= 15 is 0 Å². The minimum absolute atomic E-state index is 0.0280. The average Bonchev–Trinajstić information content (AvgIpc) is 3.59. The van der Waals surface area contributed by atoms with Crippen LogP contribution < -0.4 is 14.4 Å². The summed E-state index contributed by atoms with van der Waals surface area (Å²) in [5.74, 6) is -0.516. The Kier molecular flexibility index (Phi) is 11.2. The van der Waals surface area contributed by atoms with Crippen LogP contribution in [0.1, 0.15) is 42.4 Å². The van der Waals surface area contributed by atoms with Gasteiger partial charge in [0.25, 0.3) is 10.0 Å². The summed E-state index contributed by atoms with van der Waals surface area (Å²) >= 11 is 6.18. The fourth-order valence-electron chi connectivity index (χ4n) is 5.89. The SMILES string of the molecule is COc1ccccc1N(CC(=O)N(Cc1ccc(Cl)cc1)[C@H](Cc1ccccc1)C(=O)NC1CCCC1)S(=O)(=O)c1ccc(C)cc1. The second-order valence-electron chi connectivity index (χ2n) is 11.8. The van der Waals surface area contributed by atoms with Gasteiger partial charge >= 0.3 is 0 Å². The van der Waals surface area contributed by atoms with Gasteiger partial charge in [-0.05, 0) is 67.3 Å². The van der Waals surface area contributed by atoms with E-state index in [2.05, 4.69) is 5.32 Å². The molecule has 0 saturated heterocycles. The van der Waals surface area contributed by atoms with E-state index in [4.69, 9.17) is 16.3 Å². The number of nitrogens with one attached hydrogen (secondary N) is 1. The maximum Gasteiger partial charge on any atom is 0.264 e. The van der Waals surface area contributed by atoms with Gasteiger partial charge in [0, 0.05) is 24.0 Å². The fraction of sp³-hybridized carbons (Fsp3) is 0.297. The number of carbonyl (C=O) groups is 2. The summed E-state index contributed by atoms with van der Waals surface area (Å²) in [4.78, 5) is 30.3. The monoisotopic (exact) mass is 673 g/mol. The number of ether oxygens (including phenoxy) is 1. The molecule has 8 nitrogen and oxygen atoms in total. The molecule has 47 heavy (non-hydrogen) atoms. The highest BCUT2D eigenvalue weighted by Crippen LogP contribution is 2.33. The summed E-state index contributed by atoms with van der Waals surface area (Å²) in [5.41, 5.74) is 2.74. The van der Waals surface area contributed by atoms with Crippen LogP contribution in [0.25, 0.3) is 0 Å². The number of hydrogen-bond donors (Lipinski definition) is 1. The topological polar surface area (TPSA) is 96.0 Å². The van der Waals surface area contributed by atoms with Gasteiger partial charge in [-0.1, -0.05) is 96.7 Å². The highest BCUT2D eigenvalue weighted by atomic mass is 35.5. The van der Waals surface area contributed by atoms with E-state index in [0.717, 1.165) is 46.7 Å². The Balaban J connectivity index is 1.58. The first kappa shape index (κ1) is 34.0. The number of rotatable bonds is 13. The molecule has 0 radical (unpaired) electrons. The molecule has 0 spiro atoms. The van der Waals surface area contributed by atoms with Crippen molar-refractivity contribution >= 4 is 39.1 Å². The van der Waals surface area contributed by atoms with Crippen LogP contribution in [0.3, 0.4) is 0 Å². The molecule has 1 atom stereocenters. The molecular formula is C37H40ClN3O5S. The first-order chi connectivity index (χ1) is 22.7. The predicted molar refractivity (Wildman–Crippen MR) is 185 cm³/mol. The van der Waals surface area contributed by atoms with E-state index in [1.807, 2.05) is 37.3 Å². The van der Waals surface area contributed by atoms with Crippen LogP contribution in [-0.4, -0.2) is 50.9 Å². The number of sulfonamides is 1. The van der Waals surface area contributed by atoms with Gasteiger partial charge in [-0.25, -0.2) is 8.42 Å². The van der Waals surface area contributed by atoms with E-state index < -0.39 is 28.5 Å². The Bertz CT molecular complexity index is 1760. The number of para-hydroxylation sites is 2. The van der Waals surface area contributed by atoms with Crippen molar-refractivity contribution in [1.82, 2.24) is 10.2 Å². The van der Waals surface area contributed by atoms with E-state index in [1.165, 1.54) is 24.1 Å². The van der Waals surface area contributed by atoms with Crippen molar-refractivity contribution < 1.29 is 22.7 Å². The lowest BCUT2D eigenvalue weighted by Gasteiger charge is -2.34.